The van der Waals surface area contributed by atoms with Gasteiger partial charge in [0.1, 0.15) is 5.75 Å². The van der Waals surface area contributed by atoms with Gasteiger partial charge in [0.2, 0.25) is 0 Å². The minimum atomic E-state index is -0.959. The first-order valence-electron chi connectivity index (χ1n) is 6.00. The van der Waals surface area contributed by atoms with Crippen LogP contribution >= 0.6 is 15.9 Å². The van der Waals surface area contributed by atoms with Crippen LogP contribution in [0.4, 0.5) is 5.69 Å². The number of methoxy groups -OCH3 is 1. The third-order valence-corrected chi connectivity index (χ3v) is 3.37. The third-order valence-electron chi connectivity index (χ3n) is 2.84. The van der Waals surface area contributed by atoms with Crippen molar-refractivity contribution in [3.63, 3.8) is 0 Å². The second-order valence-electron chi connectivity index (χ2n) is 4.20. The van der Waals surface area contributed by atoms with Gasteiger partial charge in [0.05, 0.1) is 18.4 Å². The van der Waals surface area contributed by atoms with Crippen LogP contribution < -0.4 is 10.1 Å². The molecule has 0 aliphatic heterocycles. The number of hydrogen-bond acceptors (Lipinski definition) is 3. The summed E-state index contributed by atoms with van der Waals surface area (Å²) in [4.78, 5) is 11.0. The standard InChI is InChI=1S/C15H14BrNO3/c1-20-14-7-4-11(15(18)19)8-13(14)17-9-10-2-5-12(16)6-3-10/h2-8,17H,9H2,1H3,(H,18,19). The van der Waals surface area contributed by atoms with Crippen LogP contribution in [-0.2, 0) is 6.54 Å². The monoisotopic (exact) mass is 335 g/mol. The summed E-state index contributed by atoms with van der Waals surface area (Å²) in [5, 5.41) is 12.2. The number of nitrogens with one attached hydrogen (secondary N) is 1. The maximum absolute atomic E-state index is 11.0. The molecule has 2 aromatic rings. The van der Waals surface area contributed by atoms with Gasteiger partial charge in [-0.05, 0) is 35.9 Å². The first kappa shape index (κ1) is 14.4. The molecule has 0 amide bonds. The van der Waals surface area contributed by atoms with E-state index in [2.05, 4.69) is 21.2 Å². The molecule has 0 unspecified atom stereocenters. The summed E-state index contributed by atoms with van der Waals surface area (Å²) in [6, 6.07) is 12.6. The van der Waals surface area contributed by atoms with Gasteiger partial charge in [-0.25, -0.2) is 4.79 Å². The summed E-state index contributed by atoms with van der Waals surface area (Å²) in [6.07, 6.45) is 0. The molecule has 20 heavy (non-hydrogen) atoms. The maximum atomic E-state index is 11.0. The lowest BCUT2D eigenvalue weighted by atomic mass is 10.1. The van der Waals surface area contributed by atoms with Gasteiger partial charge in [0.25, 0.3) is 0 Å². The second kappa shape index (κ2) is 6.43. The van der Waals surface area contributed by atoms with E-state index >= 15 is 0 Å². The fraction of sp³-hybridized carbons (Fsp3) is 0.133. The van der Waals surface area contributed by atoms with Crippen molar-refractivity contribution in [1.29, 1.82) is 0 Å². The van der Waals surface area contributed by atoms with Gasteiger partial charge in [0.15, 0.2) is 0 Å². The number of halogens is 1. The van der Waals surface area contributed by atoms with Crippen molar-refractivity contribution in [3.05, 3.63) is 58.1 Å². The Labute approximate surface area is 125 Å². The van der Waals surface area contributed by atoms with Crippen molar-refractivity contribution >= 4 is 27.6 Å². The molecule has 2 N–H and O–H groups in total. The highest BCUT2D eigenvalue weighted by molar-refractivity contribution is 9.10. The van der Waals surface area contributed by atoms with Crippen LogP contribution in [-0.4, -0.2) is 18.2 Å². The van der Waals surface area contributed by atoms with Crippen molar-refractivity contribution in [2.75, 3.05) is 12.4 Å². The van der Waals surface area contributed by atoms with Crippen LogP contribution in [0, 0.1) is 0 Å². The topological polar surface area (TPSA) is 58.6 Å². The highest BCUT2D eigenvalue weighted by Crippen LogP contribution is 2.26. The average molecular weight is 336 g/mol. The minimum absolute atomic E-state index is 0.226. The molecule has 0 aliphatic carbocycles. The van der Waals surface area contributed by atoms with Crippen LogP contribution in [0.3, 0.4) is 0 Å². The fourth-order valence-electron chi connectivity index (χ4n) is 1.78. The van der Waals surface area contributed by atoms with Crippen molar-refractivity contribution < 1.29 is 14.6 Å². The average Bonchev–Trinajstić information content (AvgIpc) is 2.46. The molecular formula is C15H14BrNO3. The van der Waals surface area contributed by atoms with E-state index in [1.165, 1.54) is 6.07 Å². The number of anilines is 1. The SMILES string of the molecule is COc1ccc(C(=O)O)cc1NCc1ccc(Br)cc1. The number of ether oxygens (including phenoxy) is 1. The molecule has 0 aromatic heterocycles. The lowest BCUT2D eigenvalue weighted by Gasteiger charge is -2.12. The second-order valence-corrected chi connectivity index (χ2v) is 5.12. The lowest BCUT2D eigenvalue weighted by Crippen LogP contribution is -2.04. The van der Waals surface area contributed by atoms with Crippen LogP contribution in [0.5, 0.6) is 5.75 Å². The Hall–Kier alpha value is -2.01. The van der Waals surface area contributed by atoms with Gasteiger partial charge in [-0.15, -0.1) is 0 Å². The summed E-state index contributed by atoms with van der Waals surface area (Å²) in [6.45, 7) is 0.590. The zero-order valence-electron chi connectivity index (χ0n) is 10.9. The quantitative estimate of drug-likeness (QED) is 0.873. The Balaban J connectivity index is 2.16. The molecule has 0 bridgehead atoms. The molecule has 5 heteroatoms. The molecule has 104 valence electrons. The lowest BCUT2D eigenvalue weighted by molar-refractivity contribution is 0.0697. The van der Waals surface area contributed by atoms with E-state index in [-0.39, 0.29) is 5.56 Å². The molecule has 0 aliphatic rings. The Morgan fingerprint density at radius 2 is 1.95 bits per heavy atom. The first-order valence-corrected chi connectivity index (χ1v) is 6.79. The Morgan fingerprint density at radius 3 is 2.55 bits per heavy atom. The van der Waals surface area contributed by atoms with E-state index < -0.39 is 5.97 Å². The molecule has 0 radical (unpaired) electrons. The zero-order valence-corrected chi connectivity index (χ0v) is 12.5. The number of aromatic carboxylic acids is 1. The van der Waals surface area contributed by atoms with E-state index in [1.807, 2.05) is 24.3 Å². The largest absolute Gasteiger partial charge is 0.495 e. The highest BCUT2D eigenvalue weighted by atomic mass is 79.9. The Bertz CT molecular complexity index is 611. The van der Waals surface area contributed by atoms with Gasteiger partial charge >= 0.3 is 5.97 Å². The number of rotatable bonds is 5. The molecule has 0 spiro atoms. The summed E-state index contributed by atoms with van der Waals surface area (Å²) < 4.78 is 6.24. The van der Waals surface area contributed by atoms with Crippen molar-refractivity contribution in [3.8, 4) is 5.75 Å². The van der Waals surface area contributed by atoms with Crippen LogP contribution in [0.2, 0.25) is 0 Å². The van der Waals surface area contributed by atoms with Crippen LogP contribution in [0.25, 0.3) is 0 Å². The fourth-order valence-corrected chi connectivity index (χ4v) is 2.04. The first-order chi connectivity index (χ1) is 9.60. The number of carboxylic acid groups (broad SMARTS) is 1. The van der Waals surface area contributed by atoms with E-state index in [9.17, 15) is 4.79 Å². The number of benzene rings is 2. The van der Waals surface area contributed by atoms with Crippen molar-refractivity contribution in [2.24, 2.45) is 0 Å². The zero-order chi connectivity index (χ0) is 14.5. The molecule has 2 rings (SSSR count). The highest BCUT2D eigenvalue weighted by Gasteiger charge is 2.08. The smallest absolute Gasteiger partial charge is 0.335 e. The number of carboxylic acids is 1. The molecule has 2 aromatic carbocycles. The summed E-state index contributed by atoms with van der Waals surface area (Å²) >= 11 is 3.38. The van der Waals surface area contributed by atoms with E-state index in [1.54, 1.807) is 19.2 Å². The Morgan fingerprint density at radius 1 is 1.25 bits per heavy atom. The van der Waals surface area contributed by atoms with Gasteiger partial charge < -0.3 is 15.2 Å². The van der Waals surface area contributed by atoms with Crippen LogP contribution in [0.1, 0.15) is 15.9 Å². The summed E-state index contributed by atoms with van der Waals surface area (Å²) in [7, 11) is 1.56. The van der Waals surface area contributed by atoms with Gasteiger partial charge in [-0.1, -0.05) is 28.1 Å². The number of hydrogen-bond donors (Lipinski definition) is 2. The summed E-state index contributed by atoms with van der Waals surface area (Å²) in [5.41, 5.74) is 1.98. The molecular weight excluding hydrogens is 322 g/mol. The van der Waals surface area contributed by atoms with Crippen molar-refractivity contribution in [2.45, 2.75) is 6.54 Å². The molecule has 0 saturated carbocycles. The molecule has 0 fully saturated rings. The Kier molecular flexibility index (Phi) is 4.63. The van der Waals surface area contributed by atoms with Crippen molar-refractivity contribution in [1.82, 2.24) is 0 Å². The van der Waals surface area contributed by atoms with Crippen LogP contribution in [0.15, 0.2) is 46.9 Å². The maximum Gasteiger partial charge on any atom is 0.335 e. The molecule has 0 saturated heterocycles. The number of carbonyl (C=O) groups is 1. The minimum Gasteiger partial charge on any atom is -0.495 e. The van der Waals surface area contributed by atoms with Gasteiger partial charge in [0, 0.05) is 11.0 Å². The predicted molar refractivity (Wildman–Crippen MR) is 81.4 cm³/mol. The van der Waals surface area contributed by atoms with E-state index in [4.69, 9.17) is 9.84 Å². The molecule has 0 heterocycles. The van der Waals surface area contributed by atoms with E-state index in [0.29, 0.717) is 18.0 Å². The normalized spacial score (nSPS) is 10.1. The van der Waals surface area contributed by atoms with Gasteiger partial charge in [-0.2, -0.15) is 0 Å². The predicted octanol–water partition coefficient (Wildman–Crippen LogP) is 3.77. The molecule has 0 atom stereocenters. The third kappa shape index (κ3) is 3.51. The molecule has 4 nitrogen and oxygen atoms in total. The summed E-state index contributed by atoms with van der Waals surface area (Å²) in [5.74, 6) is -0.341. The van der Waals surface area contributed by atoms with Gasteiger partial charge in [-0.3, -0.25) is 0 Å². The van der Waals surface area contributed by atoms with E-state index in [0.717, 1.165) is 10.0 Å².